The minimum Gasteiger partial charge on any atom is -0.476 e. The van der Waals surface area contributed by atoms with Crippen molar-refractivity contribution in [2.24, 2.45) is 5.92 Å². The van der Waals surface area contributed by atoms with Gasteiger partial charge in [-0.2, -0.15) is 26.3 Å². The van der Waals surface area contributed by atoms with Crippen molar-refractivity contribution in [1.29, 1.82) is 0 Å². The molecule has 2 aromatic rings. The predicted molar refractivity (Wildman–Crippen MR) is 124 cm³/mol. The summed E-state index contributed by atoms with van der Waals surface area (Å²) >= 11 is 0. The number of esters is 1. The number of rotatable bonds is 8. The number of ether oxygens (including phenoxy) is 3. The Bertz CT molecular complexity index is 1130. The van der Waals surface area contributed by atoms with Crippen molar-refractivity contribution in [2.45, 2.75) is 71.0 Å². The maximum atomic E-state index is 13.7. The molecule has 0 aromatic heterocycles. The van der Waals surface area contributed by atoms with Crippen molar-refractivity contribution in [2.75, 3.05) is 13.7 Å². The lowest BCUT2D eigenvalue weighted by Gasteiger charge is -2.26. The molecule has 3 rings (SSSR count). The summed E-state index contributed by atoms with van der Waals surface area (Å²) in [4.78, 5) is 12.2. The van der Waals surface area contributed by atoms with Gasteiger partial charge in [-0.25, -0.2) is 4.79 Å². The second kappa shape index (κ2) is 10.2. The molecule has 204 valence electrons. The van der Waals surface area contributed by atoms with Gasteiger partial charge in [0.15, 0.2) is 5.60 Å². The van der Waals surface area contributed by atoms with Crippen LogP contribution >= 0.6 is 0 Å². The molecule has 0 N–H and O–H groups in total. The zero-order chi connectivity index (χ0) is 27.9. The fourth-order valence-corrected chi connectivity index (χ4v) is 4.65. The van der Waals surface area contributed by atoms with Gasteiger partial charge in [0.1, 0.15) is 5.75 Å². The summed E-state index contributed by atoms with van der Waals surface area (Å²) in [5, 5.41) is 0. The number of aryl methyl sites for hydroxylation is 2. The van der Waals surface area contributed by atoms with Crippen LogP contribution in [0.2, 0.25) is 0 Å². The number of carbonyl (C=O) groups excluding carboxylic acids is 1. The molecule has 3 unspecified atom stereocenters. The molecule has 37 heavy (non-hydrogen) atoms. The standard InChI is InChI=1S/C27H30F6O4/c1-7-36-24(34)25(4,5)37-22-14(2)10-16(11-15(22)3)19-13-20(19)23(35-6)18-9-8-17(26(28,29)30)12-21(18)27(31,32)33/h8-12,19-20,23H,7,13H2,1-6H3. The third-order valence-corrected chi connectivity index (χ3v) is 6.51. The Balaban J connectivity index is 1.89. The topological polar surface area (TPSA) is 44.8 Å². The molecule has 1 aliphatic carbocycles. The van der Waals surface area contributed by atoms with Crippen molar-refractivity contribution < 1.29 is 45.3 Å². The Hall–Kier alpha value is -2.75. The Morgan fingerprint density at radius 3 is 2.08 bits per heavy atom. The van der Waals surface area contributed by atoms with Crippen LogP contribution in [0.3, 0.4) is 0 Å². The van der Waals surface area contributed by atoms with Crippen molar-refractivity contribution in [3.63, 3.8) is 0 Å². The van der Waals surface area contributed by atoms with Crippen molar-refractivity contribution >= 4 is 5.97 Å². The van der Waals surface area contributed by atoms with Gasteiger partial charge >= 0.3 is 18.3 Å². The minimum atomic E-state index is -4.98. The summed E-state index contributed by atoms with van der Waals surface area (Å²) in [6, 6.07) is 5.35. The van der Waals surface area contributed by atoms with Gasteiger partial charge in [-0.1, -0.05) is 18.2 Å². The third-order valence-electron chi connectivity index (χ3n) is 6.51. The second-order valence-corrected chi connectivity index (χ2v) is 9.78. The highest BCUT2D eigenvalue weighted by atomic mass is 19.4. The highest BCUT2D eigenvalue weighted by Crippen LogP contribution is 2.57. The molecule has 2 aromatic carbocycles. The largest absolute Gasteiger partial charge is 0.476 e. The van der Waals surface area contributed by atoms with Gasteiger partial charge in [-0.3, -0.25) is 0 Å². The third kappa shape index (κ3) is 6.22. The van der Waals surface area contributed by atoms with Crippen LogP contribution in [-0.4, -0.2) is 25.3 Å². The van der Waals surface area contributed by atoms with Crippen LogP contribution in [-0.2, 0) is 26.6 Å². The monoisotopic (exact) mass is 532 g/mol. The first-order valence-electron chi connectivity index (χ1n) is 11.8. The van der Waals surface area contributed by atoms with Gasteiger partial charge in [0.2, 0.25) is 0 Å². The average Bonchev–Trinajstić information content (AvgIpc) is 3.56. The quantitative estimate of drug-likeness (QED) is 0.260. The number of halogens is 6. The molecule has 0 heterocycles. The van der Waals surface area contributed by atoms with Gasteiger partial charge in [0.05, 0.1) is 23.8 Å². The first-order chi connectivity index (χ1) is 17.0. The number of hydrogen-bond donors (Lipinski definition) is 0. The number of hydrogen-bond acceptors (Lipinski definition) is 4. The molecule has 4 nitrogen and oxygen atoms in total. The Kier molecular flexibility index (Phi) is 7.94. The van der Waals surface area contributed by atoms with E-state index in [0.29, 0.717) is 18.2 Å². The van der Waals surface area contributed by atoms with Crippen molar-refractivity contribution in [1.82, 2.24) is 0 Å². The molecule has 1 saturated carbocycles. The van der Waals surface area contributed by atoms with E-state index in [2.05, 4.69) is 0 Å². The number of alkyl halides is 6. The summed E-state index contributed by atoms with van der Waals surface area (Å²) < 4.78 is 96.9. The van der Waals surface area contributed by atoms with Crippen LogP contribution in [0.5, 0.6) is 5.75 Å². The van der Waals surface area contributed by atoms with Gasteiger partial charge in [-0.15, -0.1) is 0 Å². The van der Waals surface area contributed by atoms with Gasteiger partial charge in [0, 0.05) is 7.11 Å². The molecule has 0 aliphatic heterocycles. The first kappa shape index (κ1) is 28.8. The number of carbonyl (C=O) groups is 1. The molecule has 0 amide bonds. The van der Waals surface area contributed by atoms with Crippen LogP contribution in [0.25, 0.3) is 0 Å². The Morgan fingerprint density at radius 2 is 1.59 bits per heavy atom. The van der Waals surface area contributed by atoms with Crippen LogP contribution in [0.4, 0.5) is 26.3 Å². The zero-order valence-electron chi connectivity index (χ0n) is 21.4. The summed E-state index contributed by atoms with van der Waals surface area (Å²) in [5.74, 6) is -0.522. The molecule has 1 fully saturated rings. The number of methoxy groups -OCH3 is 1. The molecule has 3 atom stereocenters. The van der Waals surface area contributed by atoms with E-state index in [1.54, 1.807) is 34.6 Å². The normalized spacial score (nSPS) is 18.9. The SMILES string of the molecule is CCOC(=O)C(C)(C)Oc1c(C)cc(C2CC2C(OC)c2ccc(C(F)(F)F)cc2C(F)(F)F)cc1C. The van der Waals surface area contributed by atoms with Gasteiger partial charge in [0.25, 0.3) is 0 Å². The van der Waals surface area contributed by atoms with Crippen molar-refractivity contribution in [3.05, 3.63) is 63.7 Å². The van der Waals surface area contributed by atoms with E-state index in [1.165, 1.54) is 7.11 Å². The van der Waals surface area contributed by atoms with Crippen LogP contribution in [0.15, 0.2) is 30.3 Å². The first-order valence-corrected chi connectivity index (χ1v) is 11.8. The zero-order valence-corrected chi connectivity index (χ0v) is 21.4. The van der Waals surface area contributed by atoms with E-state index in [4.69, 9.17) is 14.2 Å². The summed E-state index contributed by atoms with van der Waals surface area (Å²) in [7, 11) is 1.25. The maximum absolute atomic E-state index is 13.7. The van der Waals surface area contributed by atoms with Crippen LogP contribution < -0.4 is 4.74 Å². The van der Waals surface area contributed by atoms with Gasteiger partial charge in [-0.05, 0) is 87.3 Å². The minimum absolute atomic E-state index is 0.143. The maximum Gasteiger partial charge on any atom is 0.416 e. The van der Waals surface area contributed by atoms with Crippen molar-refractivity contribution in [3.8, 4) is 5.75 Å². The predicted octanol–water partition coefficient (Wildman–Crippen LogP) is 7.55. The van der Waals surface area contributed by atoms with E-state index in [-0.39, 0.29) is 30.1 Å². The highest BCUT2D eigenvalue weighted by Gasteiger charge is 2.48. The van der Waals surface area contributed by atoms with E-state index in [9.17, 15) is 31.1 Å². The van der Waals surface area contributed by atoms with E-state index in [1.807, 2.05) is 12.1 Å². The number of benzene rings is 2. The highest BCUT2D eigenvalue weighted by molar-refractivity contribution is 5.79. The lowest BCUT2D eigenvalue weighted by atomic mass is 9.93. The Labute approximate surface area is 211 Å². The molecule has 0 spiro atoms. The summed E-state index contributed by atoms with van der Waals surface area (Å²) in [6.07, 6.45) is -10.4. The fourth-order valence-electron chi connectivity index (χ4n) is 4.65. The molecule has 10 heteroatoms. The van der Waals surface area contributed by atoms with E-state index in [0.717, 1.165) is 22.8 Å². The molecule has 0 bridgehead atoms. The molecule has 0 saturated heterocycles. The molecular formula is C27H30F6O4. The van der Waals surface area contributed by atoms with E-state index >= 15 is 0 Å². The summed E-state index contributed by atoms with van der Waals surface area (Å²) in [6.45, 7) is 8.70. The van der Waals surface area contributed by atoms with Gasteiger partial charge < -0.3 is 14.2 Å². The van der Waals surface area contributed by atoms with E-state index < -0.39 is 41.2 Å². The Morgan fingerprint density at radius 1 is 1.00 bits per heavy atom. The fraction of sp³-hybridized carbons (Fsp3) is 0.519. The lowest BCUT2D eigenvalue weighted by molar-refractivity contribution is -0.158. The van der Waals surface area contributed by atoms with Crippen LogP contribution in [0, 0.1) is 19.8 Å². The molecular weight excluding hydrogens is 502 g/mol. The summed E-state index contributed by atoms with van der Waals surface area (Å²) in [5.41, 5.74) is -1.94. The molecule has 0 radical (unpaired) electrons. The lowest BCUT2D eigenvalue weighted by Crippen LogP contribution is -2.40. The smallest absolute Gasteiger partial charge is 0.416 e. The average molecular weight is 533 g/mol. The second-order valence-electron chi connectivity index (χ2n) is 9.78. The van der Waals surface area contributed by atoms with Crippen LogP contribution in [0.1, 0.15) is 72.6 Å². The molecule has 1 aliphatic rings.